The molecule has 2 saturated heterocycles. The third-order valence-electron chi connectivity index (χ3n) is 5.67. The van der Waals surface area contributed by atoms with Crippen LogP contribution in [0.5, 0.6) is 0 Å². The number of amides is 2. The van der Waals surface area contributed by atoms with Crippen LogP contribution in [0.1, 0.15) is 27.3 Å². The lowest BCUT2D eigenvalue weighted by molar-refractivity contribution is -0.133. The predicted octanol–water partition coefficient (Wildman–Crippen LogP) is 1.48. The lowest BCUT2D eigenvalue weighted by atomic mass is 10.1. The molecule has 7 nitrogen and oxygen atoms in total. The molecule has 0 aliphatic carbocycles. The van der Waals surface area contributed by atoms with Crippen LogP contribution in [-0.2, 0) is 16.1 Å². The molecule has 4 rings (SSSR count). The maximum Gasteiger partial charge on any atom is 0.253 e. The number of fused-ring (bicyclic) bond motifs is 3. The fraction of sp³-hybridized carbons (Fsp3) is 0.476. The molecule has 0 saturated carbocycles. The van der Waals surface area contributed by atoms with Gasteiger partial charge >= 0.3 is 0 Å². The van der Waals surface area contributed by atoms with Crippen molar-refractivity contribution in [3.8, 4) is 0 Å². The van der Waals surface area contributed by atoms with Crippen LogP contribution < -0.4 is 0 Å². The number of benzene rings is 1. The van der Waals surface area contributed by atoms with E-state index in [-0.39, 0.29) is 23.8 Å². The van der Waals surface area contributed by atoms with Crippen LogP contribution in [0.3, 0.4) is 0 Å². The van der Waals surface area contributed by atoms with E-state index >= 15 is 0 Å². The van der Waals surface area contributed by atoms with E-state index in [4.69, 9.17) is 4.74 Å². The summed E-state index contributed by atoms with van der Waals surface area (Å²) in [5.74, 6) is -0.248. The minimum atomic E-state index is -0.285. The quantitative estimate of drug-likeness (QED) is 0.806. The lowest BCUT2D eigenvalue weighted by Crippen LogP contribution is -2.45. The van der Waals surface area contributed by atoms with Gasteiger partial charge in [0.05, 0.1) is 37.4 Å². The molecule has 3 heterocycles. The van der Waals surface area contributed by atoms with Crippen LogP contribution in [0.2, 0.25) is 0 Å². The molecule has 1 aromatic carbocycles. The monoisotopic (exact) mass is 382 g/mol. The maximum atomic E-state index is 13.1. The van der Waals surface area contributed by atoms with Crippen LogP contribution in [0, 0.1) is 19.8 Å². The third-order valence-corrected chi connectivity index (χ3v) is 5.67. The first kappa shape index (κ1) is 18.7. The van der Waals surface area contributed by atoms with E-state index in [1.165, 1.54) is 0 Å². The first-order valence-electron chi connectivity index (χ1n) is 9.66. The zero-order chi connectivity index (χ0) is 19.8. The summed E-state index contributed by atoms with van der Waals surface area (Å²) in [6.07, 6.45) is 0. The highest BCUT2D eigenvalue weighted by molar-refractivity contribution is 5.95. The Morgan fingerprint density at radius 1 is 1.18 bits per heavy atom. The van der Waals surface area contributed by atoms with Gasteiger partial charge < -0.3 is 14.5 Å². The highest BCUT2D eigenvalue weighted by atomic mass is 16.5. The van der Waals surface area contributed by atoms with Crippen LogP contribution in [0.25, 0.3) is 0 Å². The van der Waals surface area contributed by atoms with Crippen molar-refractivity contribution in [2.24, 2.45) is 5.92 Å². The molecular weight excluding hydrogens is 356 g/mol. The third kappa shape index (κ3) is 3.54. The van der Waals surface area contributed by atoms with Gasteiger partial charge in [-0.05, 0) is 37.6 Å². The summed E-state index contributed by atoms with van der Waals surface area (Å²) in [6, 6.07) is 9.65. The summed E-state index contributed by atoms with van der Waals surface area (Å²) in [5, 5.41) is 4.49. The fourth-order valence-corrected chi connectivity index (χ4v) is 4.01. The van der Waals surface area contributed by atoms with Gasteiger partial charge in [-0.15, -0.1) is 0 Å². The summed E-state index contributed by atoms with van der Waals surface area (Å²) >= 11 is 0. The second kappa shape index (κ2) is 7.39. The molecule has 0 unspecified atom stereocenters. The Balaban J connectivity index is 1.49. The molecule has 1 aromatic heterocycles. The van der Waals surface area contributed by atoms with Gasteiger partial charge in [-0.3, -0.25) is 14.3 Å². The molecule has 2 aromatic rings. The zero-order valence-electron chi connectivity index (χ0n) is 16.6. The number of ether oxygens (including phenoxy) is 1. The van der Waals surface area contributed by atoms with E-state index in [9.17, 15) is 9.59 Å². The molecule has 2 aliphatic rings. The average Bonchev–Trinajstić information content (AvgIpc) is 2.84. The van der Waals surface area contributed by atoms with Gasteiger partial charge in [0.25, 0.3) is 5.91 Å². The Bertz CT molecular complexity index is 890. The molecule has 2 aliphatic heterocycles. The number of likely N-dealkylation sites (N-methyl/N-ethyl adjacent to an activating group) is 1. The number of carbonyl (C=O) groups excluding carboxylic acids is 2. The van der Waals surface area contributed by atoms with Crippen molar-refractivity contribution in [1.82, 2.24) is 19.6 Å². The molecule has 2 atom stereocenters. The van der Waals surface area contributed by atoms with E-state index in [0.717, 1.165) is 17.0 Å². The number of aromatic nitrogens is 2. The summed E-state index contributed by atoms with van der Waals surface area (Å²) in [5.41, 5.74) is 3.86. The molecule has 0 radical (unpaired) electrons. The Hall–Kier alpha value is -2.67. The second-order valence-corrected chi connectivity index (χ2v) is 7.83. The second-order valence-electron chi connectivity index (χ2n) is 7.83. The molecule has 2 bridgehead atoms. The van der Waals surface area contributed by atoms with Crippen molar-refractivity contribution in [2.45, 2.75) is 26.4 Å². The summed E-state index contributed by atoms with van der Waals surface area (Å²) in [7, 11) is 1.80. The topological polar surface area (TPSA) is 67.7 Å². The van der Waals surface area contributed by atoms with Gasteiger partial charge in [0.1, 0.15) is 0 Å². The molecule has 0 spiro atoms. The van der Waals surface area contributed by atoms with Gasteiger partial charge in [-0.2, -0.15) is 5.10 Å². The van der Waals surface area contributed by atoms with Crippen molar-refractivity contribution in [1.29, 1.82) is 0 Å². The van der Waals surface area contributed by atoms with Crippen molar-refractivity contribution in [2.75, 3.05) is 33.4 Å². The molecule has 0 N–H and O–H groups in total. The number of carbonyl (C=O) groups is 2. The average molecular weight is 382 g/mol. The smallest absolute Gasteiger partial charge is 0.253 e. The Morgan fingerprint density at radius 2 is 1.93 bits per heavy atom. The van der Waals surface area contributed by atoms with Crippen molar-refractivity contribution in [3.05, 3.63) is 52.8 Å². The number of hydrogen-bond acceptors (Lipinski definition) is 4. The molecule has 2 fully saturated rings. The highest BCUT2D eigenvalue weighted by Crippen LogP contribution is 2.21. The number of nitrogens with zero attached hydrogens (tertiary/aromatic N) is 4. The Morgan fingerprint density at radius 3 is 2.61 bits per heavy atom. The van der Waals surface area contributed by atoms with Crippen molar-refractivity contribution < 1.29 is 14.3 Å². The predicted molar refractivity (Wildman–Crippen MR) is 104 cm³/mol. The first-order chi connectivity index (χ1) is 13.4. The SMILES string of the molecule is Cc1cc(C)n(Cc2ccc(C(=O)N3C[C@@H]4COC[C@H](C3)N(C)C4=O)cc2)n1. The molecule has 2 amide bonds. The standard InChI is InChI=1S/C21H26N4O3/c1-14-8-15(2)25(22-14)9-16-4-6-17(7-5-16)21(27)24-10-18-12-28-13-19(11-24)23(3)20(18)26/h4-8,18-19H,9-13H2,1-3H3/t18-,19+/m1/s1. The number of hydrogen-bond donors (Lipinski definition) is 0. The van der Waals surface area contributed by atoms with Gasteiger partial charge in [0.2, 0.25) is 5.91 Å². The van der Waals surface area contributed by atoms with Gasteiger partial charge in [-0.1, -0.05) is 12.1 Å². The minimum absolute atomic E-state index is 0.0299. The van der Waals surface area contributed by atoms with E-state index in [2.05, 4.69) is 11.2 Å². The molecule has 28 heavy (non-hydrogen) atoms. The van der Waals surface area contributed by atoms with Gasteiger partial charge in [-0.25, -0.2) is 0 Å². The summed E-state index contributed by atoms with van der Waals surface area (Å²) < 4.78 is 7.57. The Kier molecular flexibility index (Phi) is 4.93. The Labute approximate surface area is 164 Å². The van der Waals surface area contributed by atoms with E-state index in [1.54, 1.807) is 16.8 Å². The lowest BCUT2D eigenvalue weighted by Gasteiger charge is -2.29. The molecule has 148 valence electrons. The van der Waals surface area contributed by atoms with Crippen LogP contribution in [0.15, 0.2) is 30.3 Å². The summed E-state index contributed by atoms with van der Waals surface area (Å²) in [6.45, 7) is 6.47. The minimum Gasteiger partial charge on any atom is -0.378 e. The number of aryl methyl sites for hydroxylation is 2. The normalized spacial score (nSPS) is 22.3. The molecular formula is C21H26N4O3. The van der Waals surface area contributed by atoms with Crippen molar-refractivity contribution in [3.63, 3.8) is 0 Å². The highest BCUT2D eigenvalue weighted by Gasteiger charge is 2.38. The number of rotatable bonds is 3. The first-order valence-corrected chi connectivity index (χ1v) is 9.66. The fourth-order valence-electron chi connectivity index (χ4n) is 4.01. The van der Waals surface area contributed by atoms with Crippen molar-refractivity contribution >= 4 is 11.8 Å². The van der Waals surface area contributed by atoms with E-state index in [0.29, 0.717) is 38.4 Å². The largest absolute Gasteiger partial charge is 0.378 e. The van der Waals surface area contributed by atoms with E-state index < -0.39 is 0 Å². The maximum absolute atomic E-state index is 13.1. The van der Waals surface area contributed by atoms with E-state index in [1.807, 2.05) is 42.8 Å². The zero-order valence-corrected chi connectivity index (χ0v) is 16.6. The van der Waals surface area contributed by atoms with Crippen LogP contribution >= 0.6 is 0 Å². The van der Waals surface area contributed by atoms with Crippen LogP contribution in [0.4, 0.5) is 0 Å². The van der Waals surface area contributed by atoms with Gasteiger partial charge in [0, 0.05) is 31.4 Å². The summed E-state index contributed by atoms with van der Waals surface area (Å²) in [4.78, 5) is 29.1. The molecule has 7 heteroatoms. The van der Waals surface area contributed by atoms with Gasteiger partial charge in [0.15, 0.2) is 0 Å². The van der Waals surface area contributed by atoms with Crippen LogP contribution in [-0.4, -0.2) is 70.8 Å².